The summed E-state index contributed by atoms with van der Waals surface area (Å²) < 4.78 is 28.8. The molecule has 11 nitrogen and oxygen atoms in total. The van der Waals surface area contributed by atoms with Crippen LogP contribution in [0.15, 0.2) is 158 Å². The van der Waals surface area contributed by atoms with E-state index in [1.54, 1.807) is 20.8 Å². The molecule has 0 bridgehead atoms. The smallest absolute Gasteiger partial charge is 0.333 e. The Balaban J connectivity index is 1.69. The summed E-state index contributed by atoms with van der Waals surface area (Å²) in [7, 11) is 0. The number of rotatable bonds is 31. The highest BCUT2D eigenvalue weighted by atomic mass is 16.5. The first-order valence-corrected chi connectivity index (χ1v) is 23.9. The molecule has 0 radical (unpaired) electrons. The predicted molar refractivity (Wildman–Crippen MR) is 277 cm³/mol. The van der Waals surface area contributed by atoms with Crippen LogP contribution in [0.5, 0.6) is 17.2 Å². The standard InChI is InChI=1S/C59H73NO10/c1-38(2)43(10)12-24-50(61)36-67-53-28-20-47(21-29-53)57(48-22-30-54(31-23-48)68-37-51(62)25-32-55(63)39(3)4)56(45-16-14-44(15-17-45)13-11-42(9)33-69-58(64)40(5)6)46-18-26-52(27-19-46)66-34-49(60)35-70-59(65)41(7)8/h14-23,26-31,42,49-51,56-57,61-62H,1,3,5,7,10-13,24-25,32-37,60H2,2,4,6,8-9H3. The maximum atomic E-state index is 12.1. The van der Waals surface area contributed by atoms with Crippen molar-refractivity contribution in [3.8, 4) is 17.2 Å². The maximum absolute atomic E-state index is 12.1. The molecule has 0 aliphatic carbocycles. The number of ketones is 1. The quantitative estimate of drug-likeness (QED) is 0.0250. The second-order valence-electron chi connectivity index (χ2n) is 18.5. The number of hydrogen-bond donors (Lipinski definition) is 3. The zero-order valence-electron chi connectivity index (χ0n) is 41.8. The highest BCUT2D eigenvalue weighted by Crippen LogP contribution is 2.44. The van der Waals surface area contributed by atoms with Crippen LogP contribution in [0.1, 0.15) is 106 Å². The summed E-state index contributed by atoms with van der Waals surface area (Å²) in [6, 6.07) is 31.7. The Morgan fingerprint density at radius 2 is 0.886 bits per heavy atom. The Kier molecular flexibility index (Phi) is 22.6. The Morgan fingerprint density at radius 1 is 0.500 bits per heavy atom. The Labute approximate surface area is 415 Å². The van der Waals surface area contributed by atoms with Gasteiger partial charge in [-0.2, -0.15) is 0 Å². The van der Waals surface area contributed by atoms with E-state index in [2.05, 4.69) is 64.1 Å². The number of ether oxygens (including phenoxy) is 5. The number of aryl methyl sites for hydroxylation is 1. The molecule has 0 aliphatic heterocycles. The molecule has 4 N–H and O–H groups in total. The minimum Gasteiger partial charge on any atom is -0.492 e. The van der Waals surface area contributed by atoms with Crippen LogP contribution in [-0.4, -0.2) is 79.2 Å². The summed E-state index contributed by atoms with van der Waals surface area (Å²) in [6.07, 6.45) is 1.70. The van der Waals surface area contributed by atoms with Crippen molar-refractivity contribution in [2.75, 3.05) is 33.0 Å². The second-order valence-corrected chi connectivity index (χ2v) is 18.5. The highest BCUT2D eigenvalue weighted by Gasteiger charge is 2.29. The van der Waals surface area contributed by atoms with Gasteiger partial charge in [-0.1, -0.05) is 112 Å². The topological polar surface area (TPSA) is 164 Å². The van der Waals surface area contributed by atoms with E-state index < -0.39 is 24.2 Å². The lowest BCUT2D eigenvalue weighted by molar-refractivity contribution is -0.140. The van der Waals surface area contributed by atoms with E-state index in [9.17, 15) is 24.6 Å². The van der Waals surface area contributed by atoms with E-state index in [1.165, 1.54) is 0 Å². The summed E-state index contributed by atoms with van der Waals surface area (Å²) in [4.78, 5) is 36.0. The molecule has 6 unspecified atom stereocenters. The molecule has 0 heterocycles. The Morgan fingerprint density at radius 3 is 1.29 bits per heavy atom. The van der Waals surface area contributed by atoms with Crippen LogP contribution >= 0.6 is 0 Å². The molecule has 374 valence electrons. The van der Waals surface area contributed by atoms with Crippen molar-refractivity contribution >= 4 is 17.7 Å². The number of esters is 2. The van der Waals surface area contributed by atoms with Gasteiger partial charge in [0.1, 0.15) is 43.7 Å². The van der Waals surface area contributed by atoms with Gasteiger partial charge in [-0.3, -0.25) is 4.79 Å². The summed E-state index contributed by atoms with van der Waals surface area (Å²) in [5, 5.41) is 21.3. The van der Waals surface area contributed by atoms with Crippen LogP contribution < -0.4 is 19.9 Å². The zero-order valence-corrected chi connectivity index (χ0v) is 41.8. The number of nitrogens with two attached hydrogens (primary N) is 1. The monoisotopic (exact) mass is 956 g/mol. The van der Waals surface area contributed by atoms with Crippen molar-refractivity contribution in [3.63, 3.8) is 0 Å². The lowest BCUT2D eigenvalue weighted by Gasteiger charge is -2.30. The molecule has 4 aromatic carbocycles. The van der Waals surface area contributed by atoms with Gasteiger partial charge in [-0.15, -0.1) is 0 Å². The third-order valence-electron chi connectivity index (χ3n) is 11.9. The van der Waals surface area contributed by atoms with Gasteiger partial charge in [-0.25, -0.2) is 9.59 Å². The molecule has 0 aromatic heterocycles. The molecule has 0 amide bonds. The molecule has 0 saturated heterocycles. The summed E-state index contributed by atoms with van der Waals surface area (Å²) in [5.74, 6) is 0.469. The average molecular weight is 956 g/mol. The van der Waals surface area contributed by atoms with Crippen LogP contribution in [0.3, 0.4) is 0 Å². The average Bonchev–Trinajstić information content (AvgIpc) is 3.35. The number of aliphatic hydroxyl groups is 2. The van der Waals surface area contributed by atoms with E-state index in [4.69, 9.17) is 29.4 Å². The third kappa shape index (κ3) is 18.8. The number of aliphatic hydroxyl groups excluding tert-OH is 2. The molecule has 0 spiro atoms. The largest absolute Gasteiger partial charge is 0.492 e. The van der Waals surface area contributed by atoms with Gasteiger partial charge in [0.2, 0.25) is 0 Å². The molecule has 4 rings (SSSR count). The number of allylic oxidation sites excluding steroid dienone is 3. The molecule has 0 fully saturated rings. The minimum atomic E-state index is -0.829. The van der Waals surface area contributed by atoms with Crippen LogP contribution in [0, 0.1) is 5.92 Å². The van der Waals surface area contributed by atoms with E-state index in [-0.39, 0.29) is 68.8 Å². The number of carbonyl (C=O) groups excluding carboxylic acids is 3. The van der Waals surface area contributed by atoms with Crippen LogP contribution in [0.25, 0.3) is 0 Å². The normalized spacial score (nSPS) is 13.6. The Hall–Kier alpha value is -6.53. The van der Waals surface area contributed by atoms with Crippen molar-refractivity contribution in [1.29, 1.82) is 0 Å². The van der Waals surface area contributed by atoms with Crippen molar-refractivity contribution < 1.29 is 48.3 Å². The van der Waals surface area contributed by atoms with Gasteiger partial charge in [0.15, 0.2) is 5.78 Å². The van der Waals surface area contributed by atoms with Gasteiger partial charge < -0.3 is 39.6 Å². The van der Waals surface area contributed by atoms with E-state index >= 15 is 0 Å². The fourth-order valence-corrected chi connectivity index (χ4v) is 7.37. The minimum absolute atomic E-state index is 0.0121. The summed E-state index contributed by atoms with van der Waals surface area (Å²) in [6.45, 7) is 28.4. The lowest BCUT2D eigenvalue weighted by Crippen LogP contribution is -2.33. The number of carbonyl (C=O) groups is 3. The molecule has 6 atom stereocenters. The fraction of sp³-hybridized carbons (Fsp3) is 0.373. The Bertz CT molecular complexity index is 2050. The van der Waals surface area contributed by atoms with Crippen LogP contribution in [0.4, 0.5) is 0 Å². The summed E-state index contributed by atoms with van der Waals surface area (Å²) in [5.41, 5.74) is 14.3. The number of hydrogen-bond acceptors (Lipinski definition) is 11. The lowest BCUT2D eigenvalue weighted by atomic mass is 9.73. The maximum Gasteiger partial charge on any atom is 0.333 e. The first-order valence-electron chi connectivity index (χ1n) is 23.9. The molecular weight excluding hydrogens is 883 g/mol. The molecule has 70 heavy (non-hydrogen) atoms. The van der Waals surface area contributed by atoms with Crippen molar-refractivity contribution in [2.45, 2.75) is 103 Å². The van der Waals surface area contributed by atoms with E-state index in [1.807, 2.05) is 79.7 Å². The fourth-order valence-electron chi connectivity index (χ4n) is 7.37. The predicted octanol–water partition coefficient (Wildman–Crippen LogP) is 10.5. The third-order valence-corrected chi connectivity index (χ3v) is 11.9. The summed E-state index contributed by atoms with van der Waals surface area (Å²) >= 11 is 0. The van der Waals surface area contributed by atoms with Crippen molar-refractivity contribution in [2.24, 2.45) is 11.7 Å². The van der Waals surface area contributed by atoms with Crippen LogP contribution in [0.2, 0.25) is 0 Å². The van der Waals surface area contributed by atoms with Gasteiger partial charge in [0.25, 0.3) is 0 Å². The number of benzene rings is 4. The van der Waals surface area contributed by atoms with Crippen molar-refractivity contribution in [3.05, 3.63) is 186 Å². The SMILES string of the molecule is C=C(C)C(=C)CCC(O)COc1ccc(C(c2ccc(OCC(O)CCC(=O)C(=C)C)cc2)C(c2ccc(CCC(C)COC(=O)C(=C)C)cc2)c2ccc(OCC(N)COC(=O)C(=C)C)cc2)cc1. The van der Waals surface area contributed by atoms with Gasteiger partial charge in [0, 0.05) is 29.4 Å². The number of Topliss-reactive ketones (excluding diaryl/α,β-unsaturated/α-hetero) is 1. The van der Waals surface area contributed by atoms with Crippen LogP contribution in [-0.2, 0) is 30.3 Å². The van der Waals surface area contributed by atoms with E-state index in [0.29, 0.717) is 53.4 Å². The molecule has 4 aromatic rings. The van der Waals surface area contributed by atoms with E-state index in [0.717, 1.165) is 51.8 Å². The first kappa shape index (κ1) is 56.1. The molecule has 0 saturated carbocycles. The van der Waals surface area contributed by atoms with Crippen molar-refractivity contribution in [1.82, 2.24) is 0 Å². The molecular formula is C59H73NO10. The highest BCUT2D eigenvalue weighted by molar-refractivity contribution is 5.94. The molecule has 0 aliphatic rings. The van der Waals surface area contributed by atoms with Gasteiger partial charge >= 0.3 is 11.9 Å². The van der Waals surface area contributed by atoms with Gasteiger partial charge in [-0.05, 0) is 136 Å². The first-order chi connectivity index (χ1) is 33.3. The second kappa shape index (κ2) is 28.2. The zero-order chi connectivity index (χ0) is 51.3. The molecule has 11 heteroatoms. The van der Waals surface area contributed by atoms with Gasteiger partial charge in [0.05, 0.1) is 24.9 Å².